The van der Waals surface area contributed by atoms with E-state index in [0.29, 0.717) is 24.5 Å². The number of nitrogens with two attached hydrogens (primary N) is 1. The monoisotopic (exact) mass is 327 g/mol. The molecule has 0 aliphatic carbocycles. The highest BCUT2D eigenvalue weighted by Gasteiger charge is 2.13. The average molecular weight is 327 g/mol. The molecule has 0 aliphatic heterocycles. The van der Waals surface area contributed by atoms with E-state index in [1.54, 1.807) is 29.9 Å². The molecule has 3 heterocycles. The standard InChI is InChI=1S/C15H17N7O2/c1-9-11(3-4-12(23)24)13(21-15(16)20-9)18-7-10-8-19-22-6-2-5-17-14(10)22/h2,5-6,8H,3-4,7H2,1H3,(H,23,24)(H3,16,18,20,21). The number of carbonyl (C=O) groups is 1. The van der Waals surface area contributed by atoms with Gasteiger partial charge in [-0.3, -0.25) is 4.79 Å². The number of carboxylic acids is 1. The van der Waals surface area contributed by atoms with E-state index >= 15 is 0 Å². The van der Waals surface area contributed by atoms with E-state index in [0.717, 1.165) is 16.8 Å². The van der Waals surface area contributed by atoms with E-state index in [-0.39, 0.29) is 12.4 Å². The Bertz CT molecular complexity index is 891. The molecule has 0 amide bonds. The summed E-state index contributed by atoms with van der Waals surface area (Å²) in [6, 6.07) is 1.80. The Labute approximate surface area is 137 Å². The zero-order chi connectivity index (χ0) is 17.1. The lowest BCUT2D eigenvalue weighted by molar-refractivity contribution is -0.136. The third kappa shape index (κ3) is 3.24. The lowest BCUT2D eigenvalue weighted by Crippen LogP contribution is -2.11. The zero-order valence-electron chi connectivity index (χ0n) is 13.1. The summed E-state index contributed by atoms with van der Waals surface area (Å²) in [6.45, 7) is 2.23. The lowest BCUT2D eigenvalue weighted by Gasteiger charge is -2.13. The van der Waals surface area contributed by atoms with Gasteiger partial charge in [-0.25, -0.2) is 14.5 Å². The number of anilines is 2. The maximum Gasteiger partial charge on any atom is 0.303 e. The second kappa shape index (κ2) is 6.49. The van der Waals surface area contributed by atoms with Crippen molar-refractivity contribution in [3.63, 3.8) is 0 Å². The molecule has 0 saturated heterocycles. The molecule has 4 N–H and O–H groups in total. The quantitative estimate of drug-likeness (QED) is 0.612. The first kappa shape index (κ1) is 15.7. The first-order valence-corrected chi connectivity index (χ1v) is 7.40. The van der Waals surface area contributed by atoms with Gasteiger partial charge in [0.2, 0.25) is 5.95 Å². The van der Waals surface area contributed by atoms with E-state index < -0.39 is 5.97 Å². The van der Waals surface area contributed by atoms with Gasteiger partial charge in [0.15, 0.2) is 5.65 Å². The maximum atomic E-state index is 10.8. The van der Waals surface area contributed by atoms with Gasteiger partial charge in [0.25, 0.3) is 0 Å². The van der Waals surface area contributed by atoms with Crippen molar-refractivity contribution in [1.82, 2.24) is 24.6 Å². The van der Waals surface area contributed by atoms with Crippen molar-refractivity contribution in [2.45, 2.75) is 26.3 Å². The van der Waals surface area contributed by atoms with E-state index in [9.17, 15) is 4.79 Å². The Kier molecular flexibility index (Phi) is 4.23. The van der Waals surface area contributed by atoms with Crippen molar-refractivity contribution in [2.75, 3.05) is 11.1 Å². The topological polar surface area (TPSA) is 131 Å². The number of nitrogens with zero attached hydrogens (tertiary/aromatic N) is 5. The molecule has 0 fully saturated rings. The van der Waals surface area contributed by atoms with Crippen LogP contribution >= 0.6 is 0 Å². The van der Waals surface area contributed by atoms with Crippen LogP contribution in [-0.2, 0) is 17.8 Å². The third-order valence-corrected chi connectivity index (χ3v) is 3.62. The summed E-state index contributed by atoms with van der Waals surface area (Å²) < 4.78 is 1.68. The maximum absolute atomic E-state index is 10.8. The van der Waals surface area contributed by atoms with Crippen molar-refractivity contribution in [3.8, 4) is 0 Å². The number of rotatable bonds is 6. The molecule has 0 aromatic carbocycles. The molecule has 124 valence electrons. The number of hydrogen-bond donors (Lipinski definition) is 3. The number of nitrogens with one attached hydrogen (secondary N) is 1. The number of aryl methyl sites for hydroxylation is 1. The highest BCUT2D eigenvalue weighted by molar-refractivity contribution is 5.67. The first-order chi connectivity index (χ1) is 11.5. The van der Waals surface area contributed by atoms with Gasteiger partial charge in [-0.15, -0.1) is 0 Å². The van der Waals surface area contributed by atoms with Crippen molar-refractivity contribution >= 4 is 23.4 Å². The van der Waals surface area contributed by atoms with Crippen LogP contribution in [-0.4, -0.2) is 35.6 Å². The van der Waals surface area contributed by atoms with Gasteiger partial charge < -0.3 is 16.2 Å². The van der Waals surface area contributed by atoms with Crippen LogP contribution in [0, 0.1) is 6.92 Å². The lowest BCUT2D eigenvalue weighted by atomic mass is 10.1. The summed E-state index contributed by atoms with van der Waals surface area (Å²) >= 11 is 0. The van der Waals surface area contributed by atoms with Crippen LogP contribution in [0.15, 0.2) is 24.7 Å². The Morgan fingerprint density at radius 2 is 2.25 bits per heavy atom. The molecular weight excluding hydrogens is 310 g/mol. The largest absolute Gasteiger partial charge is 0.481 e. The molecule has 0 aliphatic rings. The normalized spacial score (nSPS) is 10.9. The fourth-order valence-corrected chi connectivity index (χ4v) is 2.48. The van der Waals surface area contributed by atoms with Gasteiger partial charge in [0.1, 0.15) is 5.82 Å². The molecule has 24 heavy (non-hydrogen) atoms. The first-order valence-electron chi connectivity index (χ1n) is 7.40. The zero-order valence-corrected chi connectivity index (χ0v) is 13.1. The van der Waals surface area contributed by atoms with Crippen LogP contribution in [0.5, 0.6) is 0 Å². The summed E-state index contributed by atoms with van der Waals surface area (Å²) in [7, 11) is 0. The molecular formula is C15H17N7O2. The van der Waals surface area contributed by atoms with Crippen LogP contribution in [0.1, 0.15) is 23.2 Å². The Balaban J connectivity index is 1.84. The predicted octanol–water partition coefficient (Wildman–Crippen LogP) is 1.04. The van der Waals surface area contributed by atoms with Gasteiger partial charge in [-0.1, -0.05) is 0 Å². The smallest absolute Gasteiger partial charge is 0.303 e. The number of aliphatic carboxylic acids is 1. The van der Waals surface area contributed by atoms with Gasteiger partial charge in [-0.05, 0) is 19.4 Å². The van der Waals surface area contributed by atoms with Gasteiger partial charge >= 0.3 is 5.97 Å². The Morgan fingerprint density at radius 3 is 3.04 bits per heavy atom. The molecule has 0 saturated carbocycles. The third-order valence-electron chi connectivity index (χ3n) is 3.62. The van der Waals surface area contributed by atoms with Gasteiger partial charge in [0.05, 0.1) is 6.20 Å². The van der Waals surface area contributed by atoms with E-state index in [1.807, 2.05) is 6.20 Å². The molecule has 3 rings (SSSR count). The molecule has 0 bridgehead atoms. The van der Waals surface area contributed by atoms with Crippen LogP contribution in [0.4, 0.5) is 11.8 Å². The molecule has 0 spiro atoms. The molecule has 0 unspecified atom stereocenters. The van der Waals surface area contributed by atoms with Crippen molar-refractivity contribution in [2.24, 2.45) is 0 Å². The second-order valence-electron chi connectivity index (χ2n) is 5.30. The Hall–Kier alpha value is -3.23. The fraction of sp³-hybridized carbons (Fsp3) is 0.267. The summed E-state index contributed by atoms with van der Waals surface area (Å²) in [6.07, 6.45) is 5.57. The summed E-state index contributed by atoms with van der Waals surface area (Å²) in [5.74, 6) is -0.187. The number of fused-ring (bicyclic) bond motifs is 1. The van der Waals surface area contributed by atoms with E-state index in [4.69, 9.17) is 10.8 Å². The molecule has 9 heteroatoms. The van der Waals surface area contributed by atoms with Crippen molar-refractivity contribution < 1.29 is 9.90 Å². The van der Waals surface area contributed by atoms with Crippen LogP contribution in [0.2, 0.25) is 0 Å². The van der Waals surface area contributed by atoms with Crippen LogP contribution < -0.4 is 11.1 Å². The van der Waals surface area contributed by atoms with E-state index in [2.05, 4.69) is 25.4 Å². The number of aromatic nitrogens is 5. The molecule has 9 nitrogen and oxygen atoms in total. The summed E-state index contributed by atoms with van der Waals surface area (Å²) in [5.41, 5.74) is 8.78. The van der Waals surface area contributed by atoms with E-state index in [1.165, 1.54) is 0 Å². The average Bonchev–Trinajstić information content (AvgIpc) is 2.94. The number of nitrogen functional groups attached to an aromatic ring is 1. The Morgan fingerprint density at radius 1 is 1.42 bits per heavy atom. The minimum atomic E-state index is -0.871. The summed E-state index contributed by atoms with van der Waals surface area (Å²) in [5, 5.41) is 16.3. The fourth-order valence-electron chi connectivity index (χ4n) is 2.48. The molecule has 0 atom stereocenters. The number of carboxylic acid groups (broad SMARTS) is 1. The highest BCUT2D eigenvalue weighted by Crippen LogP contribution is 2.20. The highest BCUT2D eigenvalue weighted by atomic mass is 16.4. The summed E-state index contributed by atoms with van der Waals surface area (Å²) in [4.78, 5) is 23.5. The van der Waals surface area contributed by atoms with Crippen LogP contribution in [0.3, 0.4) is 0 Å². The van der Waals surface area contributed by atoms with Gasteiger partial charge in [0, 0.05) is 42.2 Å². The minimum absolute atomic E-state index is 0.00106. The van der Waals surface area contributed by atoms with Gasteiger partial charge in [-0.2, -0.15) is 10.1 Å². The van der Waals surface area contributed by atoms with Crippen molar-refractivity contribution in [3.05, 3.63) is 41.5 Å². The molecule has 3 aromatic rings. The predicted molar refractivity (Wildman–Crippen MR) is 87.5 cm³/mol. The minimum Gasteiger partial charge on any atom is -0.481 e. The number of hydrogen-bond acceptors (Lipinski definition) is 7. The molecule has 0 radical (unpaired) electrons. The van der Waals surface area contributed by atoms with Crippen molar-refractivity contribution in [1.29, 1.82) is 0 Å². The molecule has 3 aromatic heterocycles. The van der Waals surface area contributed by atoms with Crippen LogP contribution in [0.25, 0.3) is 5.65 Å². The SMILES string of the molecule is Cc1nc(N)nc(NCc2cnn3cccnc23)c1CCC(=O)O. The second-order valence-corrected chi connectivity index (χ2v) is 5.30.